The van der Waals surface area contributed by atoms with E-state index in [-0.39, 0.29) is 22.9 Å². The van der Waals surface area contributed by atoms with Gasteiger partial charge in [0.05, 0.1) is 20.8 Å². The molecule has 0 amide bonds. The molecule has 4 rings (SSSR count). The normalized spacial score (nSPS) is 13.7. The number of para-hydroxylation sites is 1. The fraction of sp³-hybridized carbons (Fsp3) is 0.148. The summed E-state index contributed by atoms with van der Waals surface area (Å²) < 4.78 is 27.0. The van der Waals surface area contributed by atoms with E-state index in [0.717, 1.165) is 0 Å². The highest BCUT2D eigenvalue weighted by Gasteiger charge is 2.25. The standard InChI is InChI=1S/C27H23NO7/c1-4-33-24-15-17(12-13-23(24)34-26(29)20-10-5-6-11-22(20)32-3)14-21-27(30)35-25(28-21)18-8-7-9-19(16-18)31-2/h5-16H,4H2,1-3H3/b21-14+. The monoisotopic (exact) mass is 473 g/mol. The van der Waals surface area contributed by atoms with Crippen molar-refractivity contribution in [2.75, 3.05) is 20.8 Å². The Bertz CT molecular complexity index is 1330. The molecular formula is C27H23NO7. The van der Waals surface area contributed by atoms with Crippen molar-refractivity contribution in [2.45, 2.75) is 6.92 Å². The first-order valence-electron chi connectivity index (χ1n) is 10.8. The third-order valence-corrected chi connectivity index (χ3v) is 5.04. The van der Waals surface area contributed by atoms with Crippen LogP contribution in [0.15, 0.2) is 77.4 Å². The molecule has 8 nitrogen and oxygen atoms in total. The van der Waals surface area contributed by atoms with Gasteiger partial charge in [0, 0.05) is 5.56 Å². The number of hydrogen-bond donors (Lipinski definition) is 0. The number of rotatable bonds is 8. The van der Waals surface area contributed by atoms with Gasteiger partial charge in [0.15, 0.2) is 17.2 Å². The van der Waals surface area contributed by atoms with E-state index in [9.17, 15) is 9.59 Å². The average Bonchev–Trinajstić information content (AvgIpc) is 3.25. The molecule has 0 saturated heterocycles. The summed E-state index contributed by atoms with van der Waals surface area (Å²) >= 11 is 0. The van der Waals surface area contributed by atoms with E-state index >= 15 is 0 Å². The molecule has 0 fully saturated rings. The predicted molar refractivity (Wildman–Crippen MR) is 129 cm³/mol. The third kappa shape index (κ3) is 5.33. The van der Waals surface area contributed by atoms with E-state index in [1.807, 2.05) is 6.92 Å². The number of carbonyl (C=O) groups excluding carboxylic acids is 2. The summed E-state index contributed by atoms with van der Waals surface area (Å²) in [4.78, 5) is 29.4. The number of benzene rings is 3. The molecule has 1 heterocycles. The molecule has 0 unspecified atom stereocenters. The van der Waals surface area contributed by atoms with Crippen LogP contribution in [-0.4, -0.2) is 38.7 Å². The topological polar surface area (TPSA) is 92.6 Å². The molecule has 0 bridgehead atoms. The number of hydrogen-bond acceptors (Lipinski definition) is 8. The average molecular weight is 473 g/mol. The van der Waals surface area contributed by atoms with Crippen LogP contribution in [0.3, 0.4) is 0 Å². The highest BCUT2D eigenvalue weighted by Crippen LogP contribution is 2.32. The van der Waals surface area contributed by atoms with Crippen LogP contribution in [0.5, 0.6) is 23.0 Å². The Morgan fingerprint density at radius 1 is 0.943 bits per heavy atom. The van der Waals surface area contributed by atoms with Gasteiger partial charge in [0.2, 0.25) is 5.90 Å². The Kier molecular flexibility index (Phi) is 7.11. The minimum absolute atomic E-state index is 0.129. The lowest BCUT2D eigenvalue weighted by Gasteiger charge is -2.12. The van der Waals surface area contributed by atoms with Gasteiger partial charge in [-0.15, -0.1) is 0 Å². The second kappa shape index (κ2) is 10.6. The van der Waals surface area contributed by atoms with Gasteiger partial charge >= 0.3 is 11.9 Å². The maximum atomic E-state index is 12.7. The van der Waals surface area contributed by atoms with Crippen LogP contribution >= 0.6 is 0 Å². The van der Waals surface area contributed by atoms with E-state index in [1.165, 1.54) is 7.11 Å². The van der Waals surface area contributed by atoms with Gasteiger partial charge in [-0.05, 0) is 61.0 Å². The third-order valence-electron chi connectivity index (χ3n) is 5.04. The summed E-state index contributed by atoms with van der Waals surface area (Å²) in [5.41, 5.74) is 1.66. The van der Waals surface area contributed by atoms with Gasteiger partial charge in [-0.3, -0.25) is 0 Å². The Hall–Kier alpha value is -4.59. The molecule has 3 aromatic carbocycles. The van der Waals surface area contributed by atoms with Crippen molar-refractivity contribution in [3.05, 3.63) is 89.1 Å². The van der Waals surface area contributed by atoms with Crippen molar-refractivity contribution in [1.29, 1.82) is 0 Å². The molecule has 0 atom stereocenters. The summed E-state index contributed by atoms with van der Waals surface area (Å²) in [5.74, 6) is 0.633. The highest BCUT2D eigenvalue weighted by atomic mass is 16.6. The molecule has 0 spiro atoms. The van der Waals surface area contributed by atoms with Gasteiger partial charge in [-0.2, -0.15) is 0 Å². The minimum Gasteiger partial charge on any atom is -0.497 e. The lowest BCUT2D eigenvalue weighted by atomic mass is 10.1. The van der Waals surface area contributed by atoms with E-state index in [2.05, 4.69) is 4.99 Å². The smallest absolute Gasteiger partial charge is 0.363 e. The fourth-order valence-electron chi connectivity index (χ4n) is 3.38. The predicted octanol–water partition coefficient (Wildman–Crippen LogP) is 4.67. The maximum Gasteiger partial charge on any atom is 0.363 e. The summed E-state index contributed by atoms with van der Waals surface area (Å²) in [5, 5.41) is 0. The zero-order valence-corrected chi connectivity index (χ0v) is 19.4. The molecule has 1 aliphatic heterocycles. The highest BCUT2D eigenvalue weighted by molar-refractivity contribution is 6.13. The van der Waals surface area contributed by atoms with Crippen LogP contribution in [0.25, 0.3) is 6.08 Å². The Labute approximate surface area is 202 Å². The Morgan fingerprint density at radius 3 is 2.54 bits per heavy atom. The summed E-state index contributed by atoms with van der Waals surface area (Å²) in [6.07, 6.45) is 1.57. The molecule has 0 radical (unpaired) electrons. The number of ether oxygens (including phenoxy) is 5. The molecule has 35 heavy (non-hydrogen) atoms. The minimum atomic E-state index is -0.582. The number of cyclic esters (lactones) is 1. The summed E-state index contributed by atoms with van der Waals surface area (Å²) in [6, 6.07) is 18.8. The molecule has 178 valence electrons. The largest absolute Gasteiger partial charge is 0.497 e. The Morgan fingerprint density at radius 2 is 1.77 bits per heavy atom. The van der Waals surface area contributed by atoms with Crippen LogP contribution < -0.4 is 18.9 Å². The molecule has 3 aromatic rings. The van der Waals surface area contributed by atoms with Crippen molar-refractivity contribution in [1.82, 2.24) is 0 Å². The molecule has 0 aliphatic carbocycles. The lowest BCUT2D eigenvalue weighted by Crippen LogP contribution is -2.11. The van der Waals surface area contributed by atoms with Gasteiger partial charge in [-0.25, -0.2) is 14.6 Å². The fourth-order valence-corrected chi connectivity index (χ4v) is 3.38. The second-order valence-corrected chi connectivity index (χ2v) is 7.30. The first kappa shape index (κ1) is 23.6. The van der Waals surface area contributed by atoms with Gasteiger partial charge in [0.25, 0.3) is 0 Å². The van der Waals surface area contributed by atoms with E-state index in [1.54, 1.807) is 79.9 Å². The molecule has 0 aromatic heterocycles. The molecular weight excluding hydrogens is 450 g/mol. The molecule has 1 aliphatic rings. The Balaban J connectivity index is 1.60. The number of methoxy groups -OCH3 is 2. The number of esters is 2. The lowest BCUT2D eigenvalue weighted by molar-refractivity contribution is -0.129. The van der Waals surface area contributed by atoms with Crippen LogP contribution in [-0.2, 0) is 9.53 Å². The molecule has 8 heteroatoms. The zero-order valence-electron chi connectivity index (χ0n) is 19.4. The van der Waals surface area contributed by atoms with Crippen molar-refractivity contribution < 1.29 is 33.3 Å². The van der Waals surface area contributed by atoms with Crippen molar-refractivity contribution in [3.8, 4) is 23.0 Å². The van der Waals surface area contributed by atoms with Crippen LogP contribution in [0.2, 0.25) is 0 Å². The van der Waals surface area contributed by atoms with Gasteiger partial charge in [0.1, 0.15) is 17.1 Å². The number of carbonyl (C=O) groups is 2. The zero-order chi connectivity index (χ0) is 24.8. The van der Waals surface area contributed by atoms with Crippen LogP contribution in [0.1, 0.15) is 28.4 Å². The molecule has 0 saturated carbocycles. The first-order chi connectivity index (χ1) is 17.0. The maximum absolute atomic E-state index is 12.7. The summed E-state index contributed by atoms with van der Waals surface area (Å²) in [7, 11) is 3.04. The second-order valence-electron chi connectivity index (χ2n) is 7.30. The van der Waals surface area contributed by atoms with Crippen LogP contribution in [0.4, 0.5) is 0 Å². The summed E-state index contributed by atoms with van der Waals surface area (Å²) in [6.45, 7) is 2.16. The SMILES string of the molecule is CCOc1cc(/C=C2/N=C(c3cccc(OC)c3)OC2=O)ccc1OC(=O)c1ccccc1OC. The van der Waals surface area contributed by atoms with Crippen molar-refractivity contribution in [2.24, 2.45) is 4.99 Å². The number of nitrogens with zero attached hydrogens (tertiary/aromatic N) is 1. The van der Waals surface area contributed by atoms with Crippen molar-refractivity contribution >= 4 is 23.9 Å². The first-order valence-corrected chi connectivity index (χ1v) is 10.8. The van der Waals surface area contributed by atoms with Crippen LogP contribution in [0, 0.1) is 0 Å². The van der Waals surface area contributed by atoms with Gasteiger partial charge < -0.3 is 23.7 Å². The quantitative estimate of drug-likeness (QED) is 0.267. The number of aliphatic imine (C=N–C) groups is 1. The van der Waals surface area contributed by atoms with Crippen molar-refractivity contribution in [3.63, 3.8) is 0 Å². The van der Waals surface area contributed by atoms with E-state index in [0.29, 0.717) is 35.0 Å². The van der Waals surface area contributed by atoms with E-state index in [4.69, 9.17) is 23.7 Å². The van der Waals surface area contributed by atoms with Gasteiger partial charge in [-0.1, -0.05) is 24.3 Å². The molecule has 0 N–H and O–H groups in total. The van der Waals surface area contributed by atoms with E-state index < -0.39 is 11.9 Å².